The fraction of sp³-hybridized carbons (Fsp3) is 0.667. The van der Waals surface area contributed by atoms with E-state index in [0.29, 0.717) is 0 Å². The van der Waals surface area contributed by atoms with Crippen molar-refractivity contribution in [2.45, 2.75) is 6.92 Å². The van der Waals surface area contributed by atoms with Gasteiger partial charge in [0.2, 0.25) is 0 Å². The number of carbonyl (C=O) groups excluding carboxylic acids is 2. The first-order valence-corrected chi connectivity index (χ1v) is 2.88. The Morgan fingerprint density at radius 3 is 1.55 bits per heavy atom. The summed E-state index contributed by atoms with van der Waals surface area (Å²) in [5.74, 6) is -0.245. The zero-order chi connectivity index (χ0) is 9.28. The van der Waals surface area contributed by atoms with E-state index >= 15 is 0 Å². The Labute approximate surface area is 65.7 Å². The van der Waals surface area contributed by atoms with Crippen LogP contribution in [0, 0.1) is 0 Å². The van der Waals surface area contributed by atoms with Crippen molar-refractivity contribution in [2.75, 3.05) is 21.3 Å². The fourth-order valence-electron chi connectivity index (χ4n) is 0.102. The van der Waals surface area contributed by atoms with Crippen molar-refractivity contribution in [3.05, 3.63) is 0 Å². The van der Waals surface area contributed by atoms with Crippen molar-refractivity contribution in [1.82, 2.24) is 5.32 Å². The van der Waals surface area contributed by atoms with Crippen LogP contribution in [-0.2, 0) is 14.3 Å². The first kappa shape index (κ1) is 12.4. The molecule has 5 nitrogen and oxygen atoms in total. The maximum absolute atomic E-state index is 9.85. The van der Waals surface area contributed by atoms with Gasteiger partial charge in [-0.3, -0.25) is 4.79 Å². The average molecular weight is 163 g/mol. The van der Waals surface area contributed by atoms with Crippen LogP contribution in [0.4, 0.5) is 4.79 Å². The van der Waals surface area contributed by atoms with Crippen molar-refractivity contribution in [3.63, 3.8) is 0 Å². The monoisotopic (exact) mass is 163 g/mol. The lowest BCUT2D eigenvalue weighted by molar-refractivity contribution is -0.137. The SMILES string of the molecule is CNC(=O)OC.COC(C)=O. The number of nitrogens with one attached hydrogen (secondary N) is 1. The number of amides is 1. The number of hydrogen-bond acceptors (Lipinski definition) is 4. The highest BCUT2D eigenvalue weighted by Gasteiger charge is 1.85. The number of alkyl carbamates (subject to hydrolysis) is 1. The maximum atomic E-state index is 9.85. The number of carbonyl (C=O) groups is 2. The van der Waals surface area contributed by atoms with Gasteiger partial charge in [-0.15, -0.1) is 0 Å². The molecule has 0 radical (unpaired) electrons. The summed E-state index contributed by atoms with van der Waals surface area (Å²) in [5.41, 5.74) is 0. The standard InChI is InChI=1S/C3H7NO2.C3H6O2/c1-4-3(5)6-2;1-3(4)5-2/h1-2H3,(H,4,5);1-2H3. The van der Waals surface area contributed by atoms with Gasteiger partial charge < -0.3 is 14.8 Å². The van der Waals surface area contributed by atoms with E-state index < -0.39 is 6.09 Å². The molecule has 0 aromatic rings. The Morgan fingerprint density at radius 1 is 1.18 bits per heavy atom. The van der Waals surface area contributed by atoms with Crippen LogP contribution >= 0.6 is 0 Å². The smallest absolute Gasteiger partial charge is 0.406 e. The fourth-order valence-corrected chi connectivity index (χ4v) is 0.102. The first-order valence-electron chi connectivity index (χ1n) is 2.88. The molecule has 11 heavy (non-hydrogen) atoms. The van der Waals surface area contributed by atoms with Gasteiger partial charge in [0.15, 0.2) is 0 Å². The number of hydrogen-bond donors (Lipinski definition) is 1. The largest absolute Gasteiger partial charge is 0.469 e. The van der Waals surface area contributed by atoms with E-state index in [1.54, 1.807) is 0 Å². The third kappa shape index (κ3) is 17.7. The Morgan fingerprint density at radius 2 is 1.55 bits per heavy atom. The van der Waals surface area contributed by atoms with Gasteiger partial charge in [0.05, 0.1) is 14.2 Å². The van der Waals surface area contributed by atoms with E-state index in [1.165, 1.54) is 28.2 Å². The van der Waals surface area contributed by atoms with E-state index in [2.05, 4.69) is 14.8 Å². The normalized spacial score (nSPS) is 6.91. The van der Waals surface area contributed by atoms with Gasteiger partial charge >= 0.3 is 12.1 Å². The van der Waals surface area contributed by atoms with Gasteiger partial charge in [-0.25, -0.2) is 4.79 Å². The van der Waals surface area contributed by atoms with Crippen LogP contribution in [0.5, 0.6) is 0 Å². The molecule has 0 heterocycles. The minimum Gasteiger partial charge on any atom is -0.469 e. The highest BCUT2D eigenvalue weighted by molar-refractivity contribution is 5.66. The van der Waals surface area contributed by atoms with Crippen LogP contribution in [0.3, 0.4) is 0 Å². The highest BCUT2D eigenvalue weighted by Crippen LogP contribution is 1.62. The zero-order valence-electron chi connectivity index (χ0n) is 7.13. The van der Waals surface area contributed by atoms with E-state index in [-0.39, 0.29) is 5.97 Å². The van der Waals surface area contributed by atoms with Gasteiger partial charge in [-0.2, -0.15) is 0 Å². The molecule has 0 saturated heterocycles. The second-order valence-corrected chi connectivity index (χ2v) is 1.44. The molecule has 1 N–H and O–H groups in total. The van der Waals surface area contributed by atoms with Crippen molar-refractivity contribution >= 4 is 12.1 Å². The number of methoxy groups -OCH3 is 2. The first-order chi connectivity index (χ1) is 5.08. The lowest BCUT2D eigenvalue weighted by Gasteiger charge is -1.90. The van der Waals surface area contributed by atoms with Crippen molar-refractivity contribution in [1.29, 1.82) is 0 Å². The van der Waals surface area contributed by atoms with Gasteiger partial charge in [-0.05, 0) is 0 Å². The number of esters is 1. The molecule has 0 aliphatic heterocycles. The van der Waals surface area contributed by atoms with Gasteiger partial charge in [-0.1, -0.05) is 0 Å². The van der Waals surface area contributed by atoms with Crippen LogP contribution < -0.4 is 5.32 Å². The van der Waals surface area contributed by atoms with Crippen molar-refractivity contribution in [2.24, 2.45) is 0 Å². The molecule has 0 saturated carbocycles. The molecule has 1 amide bonds. The second kappa shape index (κ2) is 8.74. The van der Waals surface area contributed by atoms with Crippen molar-refractivity contribution in [3.8, 4) is 0 Å². The molecule has 0 spiro atoms. The Balaban J connectivity index is 0. The summed E-state index contributed by atoms with van der Waals surface area (Å²) in [5, 5.41) is 2.25. The van der Waals surface area contributed by atoms with E-state index in [4.69, 9.17) is 0 Å². The molecule has 0 aliphatic carbocycles. The van der Waals surface area contributed by atoms with Crippen LogP contribution in [-0.4, -0.2) is 33.3 Å². The Hall–Kier alpha value is -1.26. The van der Waals surface area contributed by atoms with E-state index in [9.17, 15) is 9.59 Å². The molecule has 0 atom stereocenters. The van der Waals surface area contributed by atoms with Crippen LogP contribution in [0.1, 0.15) is 6.92 Å². The van der Waals surface area contributed by atoms with Crippen LogP contribution in [0.2, 0.25) is 0 Å². The van der Waals surface area contributed by atoms with Gasteiger partial charge in [0.25, 0.3) is 0 Å². The summed E-state index contributed by atoms with van der Waals surface area (Å²) in [4.78, 5) is 19.4. The molecule has 0 bridgehead atoms. The number of ether oxygens (including phenoxy) is 2. The molecular weight excluding hydrogens is 150 g/mol. The summed E-state index contributed by atoms with van der Waals surface area (Å²) >= 11 is 0. The van der Waals surface area contributed by atoms with Crippen molar-refractivity contribution < 1.29 is 19.1 Å². The summed E-state index contributed by atoms with van der Waals surface area (Å²) in [6.07, 6.45) is -0.407. The topological polar surface area (TPSA) is 64.6 Å². The molecule has 0 aromatic heterocycles. The molecule has 5 heteroatoms. The molecular formula is C6H13NO4. The quantitative estimate of drug-likeness (QED) is 0.516. The van der Waals surface area contributed by atoms with E-state index in [1.807, 2.05) is 0 Å². The Bertz CT molecular complexity index is 118. The minimum absolute atomic E-state index is 0.245. The van der Waals surface area contributed by atoms with Gasteiger partial charge in [0.1, 0.15) is 0 Å². The molecule has 0 aromatic carbocycles. The van der Waals surface area contributed by atoms with Gasteiger partial charge in [0, 0.05) is 14.0 Å². The predicted octanol–water partition coefficient (Wildman–Crippen LogP) is 0.151. The molecule has 0 unspecified atom stereocenters. The Kier molecular flexibility index (Phi) is 9.87. The second-order valence-electron chi connectivity index (χ2n) is 1.44. The third-order valence-electron chi connectivity index (χ3n) is 0.677. The van der Waals surface area contributed by atoms with E-state index in [0.717, 1.165) is 0 Å². The summed E-state index contributed by atoms with van der Waals surface area (Å²) in [6, 6.07) is 0. The molecule has 0 rings (SSSR count). The van der Waals surface area contributed by atoms with Crippen LogP contribution in [0.15, 0.2) is 0 Å². The molecule has 0 aliphatic rings. The highest BCUT2D eigenvalue weighted by atomic mass is 16.5. The zero-order valence-corrected chi connectivity index (χ0v) is 7.13. The average Bonchev–Trinajstić information content (AvgIpc) is 2.04. The van der Waals surface area contributed by atoms with Crippen LogP contribution in [0.25, 0.3) is 0 Å². The summed E-state index contributed by atoms with van der Waals surface area (Å²) in [7, 11) is 4.17. The summed E-state index contributed by atoms with van der Waals surface area (Å²) in [6.45, 7) is 1.36. The molecule has 66 valence electrons. The predicted molar refractivity (Wildman–Crippen MR) is 39.2 cm³/mol. The molecule has 0 fully saturated rings. The number of rotatable bonds is 0. The lowest BCUT2D eigenvalue weighted by Crippen LogP contribution is -2.16. The maximum Gasteiger partial charge on any atom is 0.406 e. The summed E-state index contributed by atoms with van der Waals surface area (Å²) < 4.78 is 8.26. The minimum atomic E-state index is -0.407. The lowest BCUT2D eigenvalue weighted by atomic mass is 10.8. The third-order valence-corrected chi connectivity index (χ3v) is 0.677.